The van der Waals surface area contributed by atoms with Crippen molar-refractivity contribution in [2.75, 3.05) is 12.4 Å². The molecule has 0 saturated heterocycles. The monoisotopic (exact) mass is 413 g/mol. The van der Waals surface area contributed by atoms with E-state index in [1.165, 1.54) is 24.8 Å². The van der Waals surface area contributed by atoms with Crippen molar-refractivity contribution in [1.82, 2.24) is 15.0 Å². The number of esters is 1. The summed E-state index contributed by atoms with van der Waals surface area (Å²) in [5.41, 5.74) is 7.49. The highest BCUT2D eigenvalue weighted by atomic mass is 32.1. The first-order valence-electron chi connectivity index (χ1n) is 9.53. The number of hydrogen-bond donors (Lipinski definition) is 2. The highest BCUT2D eigenvalue weighted by molar-refractivity contribution is 7.20. The van der Waals surface area contributed by atoms with Crippen LogP contribution in [-0.4, -0.2) is 40.2 Å². The fourth-order valence-electron chi connectivity index (χ4n) is 3.53. The molecule has 1 fully saturated rings. The molecule has 0 bridgehead atoms. The van der Waals surface area contributed by atoms with E-state index in [-0.39, 0.29) is 18.1 Å². The number of nitrogens with zero attached hydrogens (tertiary/aromatic N) is 3. The average molecular weight is 414 g/mol. The quantitative estimate of drug-likeness (QED) is 0.611. The van der Waals surface area contributed by atoms with Crippen molar-refractivity contribution >= 4 is 39.0 Å². The van der Waals surface area contributed by atoms with Crippen molar-refractivity contribution in [3.05, 3.63) is 35.1 Å². The van der Waals surface area contributed by atoms with Gasteiger partial charge in [0.15, 0.2) is 0 Å². The lowest BCUT2D eigenvalue weighted by atomic mass is 9.94. The van der Waals surface area contributed by atoms with E-state index in [0.29, 0.717) is 27.1 Å². The fourth-order valence-corrected chi connectivity index (χ4v) is 4.59. The largest absolute Gasteiger partial charge is 0.473 e. The summed E-state index contributed by atoms with van der Waals surface area (Å²) >= 11 is 1.29. The molecule has 0 atom stereocenters. The minimum absolute atomic E-state index is 0.101. The smallest absolute Gasteiger partial charge is 0.348 e. The van der Waals surface area contributed by atoms with Crippen LogP contribution in [0, 0.1) is 6.92 Å². The number of aromatic nitrogens is 3. The van der Waals surface area contributed by atoms with Crippen LogP contribution < -0.4 is 15.8 Å². The normalized spacial score (nSPS) is 19.1. The minimum atomic E-state index is -0.377. The number of carbonyl (C=O) groups is 1. The third-order valence-corrected chi connectivity index (χ3v) is 6.30. The van der Waals surface area contributed by atoms with Crippen molar-refractivity contribution in [2.45, 2.75) is 44.8 Å². The summed E-state index contributed by atoms with van der Waals surface area (Å²) in [5, 5.41) is 4.10. The predicted molar refractivity (Wildman–Crippen MR) is 112 cm³/mol. The molecule has 9 heteroatoms. The van der Waals surface area contributed by atoms with Crippen LogP contribution in [-0.2, 0) is 4.74 Å². The maximum Gasteiger partial charge on any atom is 0.348 e. The molecule has 4 rings (SSSR count). The van der Waals surface area contributed by atoms with Crippen molar-refractivity contribution < 1.29 is 14.3 Å². The number of carbonyl (C=O) groups excluding carboxylic acids is 1. The number of anilines is 2. The molecular weight excluding hydrogens is 390 g/mol. The molecule has 0 amide bonds. The molecule has 0 aliphatic heterocycles. The van der Waals surface area contributed by atoms with Gasteiger partial charge in [-0.3, -0.25) is 0 Å². The van der Waals surface area contributed by atoms with Crippen LogP contribution in [0.15, 0.2) is 24.7 Å². The lowest BCUT2D eigenvalue weighted by molar-refractivity contribution is 0.0605. The second-order valence-corrected chi connectivity index (χ2v) is 8.09. The number of methoxy groups -OCH3 is 1. The van der Waals surface area contributed by atoms with Crippen LogP contribution in [0.4, 0.5) is 11.5 Å². The van der Waals surface area contributed by atoms with Crippen molar-refractivity contribution in [3.8, 4) is 5.88 Å². The van der Waals surface area contributed by atoms with Gasteiger partial charge >= 0.3 is 5.97 Å². The summed E-state index contributed by atoms with van der Waals surface area (Å²) < 4.78 is 11.0. The zero-order valence-electron chi connectivity index (χ0n) is 16.3. The van der Waals surface area contributed by atoms with Crippen LogP contribution in [0.2, 0.25) is 0 Å². The van der Waals surface area contributed by atoms with Crippen LogP contribution in [0.5, 0.6) is 5.88 Å². The number of ether oxygens (including phenoxy) is 2. The molecule has 0 spiro atoms. The summed E-state index contributed by atoms with van der Waals surface area (Å²) in [6, 6.07) is 3.99. The van der Waals surface area contributed by atoms with Gasteiger partial charge in [0, 0.05) is 12.2 Å². The Morgan fingerprint density at radius 1 is 1.24 bits per heavy atom. The minimum Gasteiger partial charge on any atom is -0.473 e. The number of hydrogen-bond acceptors (Lipinski definition) is 9. The van der Waals surface area contributed by atoms with E-state index in [1.54, 1.807) is 6.20 Å². The molecule has 3 aromatic rings. The van der Waals surface area contributed by atoms with Crippen LogP contribution in [0.3, 0.4) is 0 Å². The van der Waals surface area contributed by atoms with Crippen molar-refractivity contribution in [2.24, 2.45) is 5.73 Å². The lowest BCUT2D eigenvalue weighted by Gasteiger charge is -2.27. The van der Waals surface area contributed by atoms with Gasteiger partial charge in [-0.25, -0.2) is 19.7 Å². The third-order valence-electron chi connectivity index (χ3n) is 5.12. The molecule has 152 valence electrons. The van der Waals surface area contributed by atoms with Crippen molar-refractivity contribution in [3.63, 3.8) is 0 Å². The zero-order valence-corrected chi connectivity index (χ0v) is 17.2. The maximum absolute atomic E-state index is 12.1. The number of thiophene rings is 1. The molecule has 3 heterocycles. The van der Waals surface area contributed by atoms with Gasteiger partial charge in [-0.15, -0.1) is 11.3 Å². The van der Waals surface area contributed by atoms with Gasteiger partial charge in [0.2, 0.25) is 5.88 Å². The van der Waals surface area contributed by atoms with Gasteiger partial charge in [-0.1, -0.05) is 0 Å². The van der Waals surface area contributed by atoms with Gasteiger partial charge < -0.3 is 20.5 Å². The van der Waals surface area contributed by atoms with E-state index < -0.39 is 0 Å². The van der Waals surface area contributed by atoms with E-state index in [2.05, 4.69) is 20.3 Å². The first kappa shape index (κ1) is 19.5. The molecule has 29 heavy (non-hydrogen) atoms. The molecule has 3 N–H and O–H groups in total. The number of fused-ring (bicyclic) bond motifs is 1. The maximum atomic E-state index is 12.1. The SMILES string of the molecule is COC(=O)c1sc2ncnc(Nc3cccnc3OC3CCC(N)CC3)c2c1C. The summed E-state index contributed by atoms with van der Waals surface area (Å²) in [7, 11) is 1.37. The van der Waals surface area contributed by atoms with Crippen LogP contribution in [0.1, 0.15) is 40.9 Å². The predicted octanol–water partition coefficient (Wildman–Crippen LogP) is 3.57. The number of rotatable bonds is 5. The highest BCUT2D eigenvalue weighted by Crippen LogP contribution is 2.36. The second kappa shape index (κ2) is 8.30. The topological polar surface area (TPSA) is 112 Å². The first-order chi connectivity index (χ1) is 14.1. The zero-order chi connectivity index (χ0) is 20.4. The summed E-state index contributed by atoms with van der Waals surface area (Å²) in [6.45, 7) is 1.87. The summed E-state index contributed by atoms with van der Waals surface area (Å²) in [5.74, 6) is 0.751. The van der Waals surface area contributed by atoms with Gasteiger partial charge in [-0.2, -0.15) is 0 Å². The van der Waals surface area contributed by atoms with Gasteiger partial charge in [0.1, 0.15) is 33.6 Å². The van der Waals surface area contributed by atoms with E-state index in [0.717, 1.165) is 36.6 Å². The standard InChI is InChI=1S/C20H23N5O3S/c1-11-15-17(23-10-24-19(15)29-16(11)20(26)27-2)25-14-4-3-9-22-18(14)28-13-7-5-12(21)6-8-13/h3-4,9-10,12-13H,5-8,21H2,1-2H3,(H,23,24,25). The summed E-state index contributed by atoms with van der Waals surface area (Å²) in [6.07, 6.45) is 7.03. The molecule has 1 saturated carbocycles. The van der Waals surface area contributed by atoms with Gasteiger partial charge in [0.05, 0.1) is 12.5 Å². The highest BCUT2D eigenvalue weighted by Gasteiger charge is 2.23. The molecule has 8 nitrogen and oxygen atoms in total. The van der Waals surface area contributed by atoms with Crippen LogP contribution in [0.25, 0.3) is 10.2 Å². The van der Waals surface area contributed by atoms with E-state index in [9.17, 15) is 4.79 Å². The molecule has 1 aliphatic carbocycles. The van der Waals surface area contributed by atoms with Gasteiger partial charge in [0.25, 0.3) is 0 Å². The van der Waals surface area contributed by atoms with Crippen LogP contribution >= 0.6 is 11.3 Å². The Morgan fingerprint density at radius 2 is 2.03 bits per heavy atom. The lowest BCUT2D eigenvalue weighted by Crippen LogP contribution is -2.31. The molecule has 0 radical (unpaired) electrons. The van der Waals surface area contributed by atoms with E-state index in [1.807, 2.05) is 19.1 Å². The molecule has 0 unspecified atom stereocenters. The van der Waals surface area contributed by atoms with E-state index >= 15 is 0 Å². The number of nitrogens with two attached hydrogens (primary N) is 1. The first-order valence-corrected chi connectivity index (χ1v) is 10.3. The van der Waals surface area contributed by atoms with Gasteiger partial charge in [-0.05, 0) is 50.3 Å². The molecule has 0 aromatic carbocycles. The Bertz CT molecular complexity index is 1030. The molecule has 3 aromatic heterocycles. The Hall–Kier alpha value is -2.78. The van der Waals surface area contributed by atoms with E-state index in [4.69, 9.17) is 15.2 Å². The Balaban J connectivity index is 1.64. The second-order valence-electron chi connectivity index (χ2n) is 7.09. The fraction of sp³-hybridized carbons (Fsp3) is 0.400. The average Bonchev–Trinajstić information content (AvgIpc) is 3.08. The third kappa shape index (κ3) is 4.01. The number of nitrogens with one attached hydrogen (secondary N) is 1. The summed E-state index contributed by atoms with van der Waals surface area (Å²) in [4.78, 5) is 26.4. The Morgan fingerprint density at radius 3 is 2.79 bits per heavy atom. The Kier molecular flexibility index (Phi) is 5.59. The molecular formula is C20H23N5O3S. The molecule has 1 aliphatic rings. The number of aryl methyl sites for hydroxylation is 1. The van der Waals surface area contributed by atoms with Crippen molar-refractivity contribution in [1.29, 1.82) is 0 Å². The Labute approximate surface area is 172 Å². The number of pyridine rings is 1.